The van der Waals surface area contributed by atoms with Crippen LogP contribution in [0, 0.1) is 17.5 Å². The molecule has 112 valence electrons. The van der Waals surface area contributed by atoms with Gasteiger partial charge in [-0.25, -0.2) is 13.2 Å². The molecule has 2 nitrogen and oxygen atoms in total. The molecule has 0 spiro atoms. The fraction of sp³-hybridized carbons (Fsp3) is 0.250. The van der Waals surface area contributed by atoms with Crippen LogP contribution >= 0.6 is 0 Å². The molecule has 0 saturated heterocycles. The Hall–Kier alpha value is -2.17. The molecule has 0 saturated carbocycles. The van der Waals surface area contributed by atoms with Crippen molar-refractivity contribution in [2.24, 2.45) is 0 Å². The molecule has 0 atom stereocenters. The van der Waals surface area contributed by atoms with Gasteiger partial charge in [-0.2, -0.15) is 0 Å². The summed E-state index contributed by atoms with van der Waals surface area (Å²) >= 11 is 0. The molecule has 0 aliphatic heterocycles. The fourth-order valence-corrected chi connectivity index (χ4v) is 1.94. The Morgan fingerprint density at radius 2 is 1.52 bits per heavy atom. The molecule has 0 N–H and O–H groups in total. The Morgan fingerprint density at radius 3 is 2.14 bits per heavy atom. The van der Waals surface area contributed by atoms with Gasteiger partial charge in [0.2, 0.25) is 0 Å². The average Bonchev–Trinajstić information content (AvgIpc) is 2.44. The molecule has 0 bridgehead atoms. The number of methoxy groups -OCH3 is 1. The first kappa shape index (κ1) is 15.2. The van der Waals surface area contributed by atoms with E-state index < -0.39 is 17.5 Å². The second-order valence-corrected chi connectivity index (χ2v) is 4.86. The minimum atomic E-state index is -1.26. The Labute approximate surface area is 121 Å². The Morgan fingerprint density at radius 1 is 0.857 bits per heavy atom. The standard InChI is InChI=1S/C16H15F3O2/c1-9(2)11-5-4-10(6-15(11)20-3)21-16-8-13(18)12(17)7-14(16)19/h4-9H,1-3H3. The van der Waals surface area contributed by atoms with Crippen LogP contribution in [0.4, 0.5) is 13.2 Å². The molecule has 2 aromatic carbocycles. The average molecular weight is 296 g/mol. The van der Waals surface area contributed by atoms with E-state index in [2.05, 4.69) is 0 Å². The smallest absolute Gasteiger partial charge is 0.168 e. The van der Waals surface area contributed by atoms with Crippen LogP contribution in [-0.2, 0) is 0 Å². The van der Waals surface area contributed by atoms with Crippen molar-refractivity contribution in [2.75, 3.05) is 7.11 Å². The quantitative estimate of drug-likeness (QED) is 0.737. The van der Waals surface area contributed by atoms with Gasteiger partial charge in [0, 0.05) is 18.2 Å². The second kappa shape index (κ2) is 6.08. The molecule has 0 unspecified atom stereocenters. The highest BCUT2D eigenvalue weighted by Crippen LogP contribution is 2.33. The van der Waals surface area contributed by atoms with Crippen LogP contribution in [0.1, 0.15) is 25.3 Å². The Bertz CT molecular complexity index is 654. The third-order valence-electron chi connectivity index (χ3n) is 3.03. The van der Waals surface area contributed by atoms with E-state index in [1.165, 1.54) is 7.11 Å². The first-order valence-electron chi connectivity index (χ1n) is 6.42. The molecule has 21 heavy (non-hydrogen) atoms. The lowest BCUT2D eigenvalue weighted by molar-refractivity contribution is 0.396. The molecular formula is C16H15F3O2. The number of ether oxygens (including phenoxy) is 2. The fourth-order valence-electron chi connectivity index (χ4n) is 1.94. The number of hydrogen-bond acceptors (Lipinski definition) is 2. The van der Waals surface area contributed by atoms with Crippen molar-refractivity contribution in [3.63, 3.8) is 0 Å². The van der Waals surface area contributed by atoms with Crippen LogP contribution in [0.2, 0.25) is 0 Å². The van der Waals surface area contributed by atoms with Gasteiger partial charge in [0.05, 0.1) is 7.11 Å². The third-order valence-corrected chi connectivity index (χ3v) is 3.03. The molecular weight excluding hydrogens is 281 g/mol. The summed E-state index contributed by atoms with van der Waals surface area (Å²) < 4.78 is 50.1. The number of rotatable bonds is 4. The van der Waals surface area contributed by atoms with Crippen LogP contribution in [-0.4, -0.2) is 7.11 Å². The van der Waals surface area contributed by atoms with Gasteiger partial charge in [-0.3, -0.25) is 0 Å². The minimum absolute atomic E-state index is 0.244. The molecule has 2 rings (SSSR count). The highest BCUT2D eigenvalue weighted by atomic mass is 19.2. The summed E-state index contributed by atoms with van der Waals surface area (Å²) in [5.41, 5.74) is 0.968. The van der Waals surface area contributed by atoms with Crippen molar-refractivity contribution in [1.29, 1.82) is 0 Å². The van der Waals surface area contributed by atoms with Crippen LogP contribution in [0.15, 0.2) is 30.3 Å². The van der Waals surface area contributed by atoms with Crippen molar-refractivity contribution < 1.29 is 22.6 Å². The van der Waals surface area contributed by atoms with Crippen molar-refractivity contribution in [3.8, 4) is 17.2 Å². The molecule has 0 amide bonds. The summed E-state index contributed by atoms with van der Waals surface area (Å²) in [6.45, 7) is 4.01. The molecule has 5 heteroatoms. The lowest BCUT2D eigenvalue weighted by Gasteiger charge is -2.14. The van der Waals surface area contributed by atoms with Gasteiger partial charge >= 0.3 is 0 Å². The zero-order valence-electron chi connectivity index (χ0n) is 11.9. The van der Waals surface area contributed by atoms with Crippen LogP contribution in [0.3, 0.4) is 0 Å². The van der Waals surface area contributed by atoms with Gasteiger partial charge < -0.3 is 9.47 Å². The summed E-state index contributed by atoms with van der Waals surface area (Å²) in [7, 11) is 1.52. The second-order valence-electron chi connectivity index (χ2n) is 4.86. The first-order chi connectivity index (χ1) is 9.92. The molecule has 0 fully saturated rings. The topological polar surface area (TPSA) is 18.5 Å². The maximum Gasteiger partial charge on any atom is 0.168 e. The predicted octanol–water partition coefficient (Wildman–Crippen LogP) is 5.03. The maximum atomic E-state index is 13.5. The number of hydrogen-bond donors (Lipinski definition) is 0. The zero-order chi connectivity index (χ0) is 15.6. The van der Waals surface area contributed by atoms with Crippen molar-refractivity contribution >= 4 is 0 Å². The summed E-state index contributed by atoms with van der Waals surface area (Å²) in [5, 5.41) is 0. The summed E-state index contributed by atoms with van der Waals surface area (Å²) in [4.78, 5) is 0. The number of benzene rings is 2. The summed E-state index contributed by atoms with van der Waals surface area (Å²) in [6.07, 6.45) is 0. The van der Waals surface area contributed by atoms with Crippen molar-refractivity contribution in [3.05, 3.63) is 53.3 Å². The van der Waals surface area contributed by atoms with Crippen molar-refractivity contribution in [1.82, 2.24) is 0 Å². The number of halogens is 3. The van der Waals surface area contributed by atoms with Gasteiger partial charge in [0.25, 0.3) is 0 Å². The van der Waals surface area contributed by atoms with E-state index in [0.29, 0.717) is 17.9 Å². The largest absolute Gasteiger partial charge is 0.496 e. The van der Waals surface area contributed by atoms with E-state index in [4.69, 9.17) is 9.47 Å². The van der Waals surface area contributed by atoms with Crippen LogP contribution in [0.25, 0.3) is 0 Å². The van der Waals surface area contributed by atoms with Gasteiger partial charge in [-0.1, -0.05) is 19.9 Å². The minimum Gasteiger partial charge on any atom is -0.496 e. The SMILES string of the molecule is COc1cc(Oc2cc(F)c(F)cc2F)ccc1C(C)C. The molecule has 0 aliphatic carbocycles. The van der Waals surface area contributed by atoms with Crippen molar-refractivity contribution in [2.45, 2.75) is 19.8 Å². The highest BCUT2D eigenvalue weighted by molar-refractivity contribution is 5.44. The van der Waals surface area contributed by atoms with E-state index in [0.717, 1.165) is 5.56 Å². The zero-order valence-corrected chi connectivity index (χ0v) is 11.9. The van der Waals surface area contributed by atoms with E-state index in [1.807, 2.05) is 13.8 Å². The molecule has 0 radical (unpaired) electrons. The van der Waals surface area contributed by atoms with E-state index >= 15 is 0 Å². The lowest BCUT2D eigenvalue weighted by Crippen LogP contribution is -1.96. The molecule has 2 aromatic rings. The predicted molar refractivity (Wildman–Crippen MR) is 73.5 cm³/mol. The summed E-state index contributed by atoms with van der Waals surface area (Å²) in [6, 6.07) is 6.11. The van der Waals surface area contributed by atoms with Crippen LogP contribution < -0.4 is 9.47 Å². The van der Waals surface area contributed by atoms with Gasteiger partial charge in [-0.15, -0.1) is 0 Å². The Kier molecular flexibility index (Phi) is 4.40. The normalized spacial score (nSPS) is 10.8. The highest BCUT2D eigenvalue weighted by Gasteiger charge is 2.13. The summed E-state index contributed by atoms with van der Waals surface area (Å²) in [5.74, 6) is -2.67. The third kappa shape index (κ3) is 3.29. The first-order valence-corrected chi connectivity index (χ1v) is 6.42. The van der Waals surface area contributed by atoms with E-state index in [9.17, 15) is 13.2 Å². The molecule has 0 aliphatic rings. The monoisotopic (exact) mass is 296 g/mol. The Balaban J connectivity index is 2.34. The molecule has 0 heterocycles. The van der Waals surface area contributed by atoms with E-state index in [1.54, 1.807) is 18.2 Å². The van der Waals surface area contributed by atoms with E-state index in [-0.39, 0.29) is 17.4 Å². The van der Waals surface area contributed by atoms with Gasteiger partial charge in [0.1, 0.15) is 11.5 Å². The maximum absolute atomic E-state index is 13.5. The van der Waals surface area contributed by atoms with Crippen LogP contribution in [0.5, 0.6) is 17.2 Å². The van der Waals surface area contributed by atoms with Gasteiger partial charge in [-0.05, 0) is 17.5 Å². The van der Waals surface area contributed by atoms with Gasteiger partial charge in [0.15, 0.2) is 23.2 Å². The molecule has 0 aromatic heterocycles. The lowest BCUT2D eigenvalue weighted by atomic mass is 10.0.